The molecular weight excluding hydrogens is 527 g/mol. The molecule has 182 valence electrons. The van der Waals surface area contributed by atoms with Crippen molar-refractivity contribution in [1.29, 1.82) is 5.26 Å². The van der Waals surface area contributed by atoms with Gasteiger partial charge in [-0.25, -0.2) is 13.6 Å². The summed E-state index contributed by atoms with van der Waals surface area (Å²) in [6.45, 7) is 3.27. The number of hydrogen-bond acceptors (Lipinski definition) is 6. The lowest BCUT2D eigenvalue weighted by atomic mass is 9.99. The van der Waals surface area contributed by atoms with E-state index in [9.17, 15) is 18.5 Å². The fourth-order valence-electron chi connectivity index (χ4n) is 4.06. The molecule has 1 aliphatic rings. The van der Waals surface area contributed by atoms with Crippen LogP contribution in [-0.2, 0) is 40.7 Å². The molecule has 0 radical (unpaired) electrons. The van der Waals surface area contributed by atoms with Crippen LogP contribution in [-0.4, -0.2) is 25.3 Å². The number of primary sulfonamides is 1. The second-order valence-corrected chi connectivity index (χ2v) is 11.9. The molecule has 11 heteroatoms. The van der Waals surface area contributed by atoms with Crippen LogP contribution in [0.15, 0.2) is 47.4 Å². The molecule has 0 spiro atoms. The summed E-state index contributed by atoms with van der Waals surface area (Å²) in [4.78, 5) is 16.0. The van der Waals surface area contributed by atoms with E-state index < -0.39 is 10.0 Å². The molecule has 3 N–H and O–H groups in total. The van der Waals surface area contributed by atoms with Crippen molar-refractivity contribution in [2.24, 2.45) is 5.14 Å². The lowest BCUT2D eigenvalue weighted by Gasteiger charge is -2.33. The van der Waals surface area contributed by atoms with Gasteiger partial charge in [0.25, 0.3) is 0 Å². The summed E-state index contributed by atoms with van der Waals surface area (Å²) in [5.74, 6) is -0.293. The van der Waals surface area contributed by atoms with Gasteiger partial charge in [-0.3, -0.25) is 9.69 Å². The summed E-state index contributed by atoms with van der Waals surface area (Å²) in [6, 6.07) is 13.7. The van der Waals surface area contributed by atoms with E-state index in [0.29, 0.717) is 39.3 Å². The Morgan fingerprint density at radius 2 is 1.97 bits per heavy atom. The molecule has 4 rings (SSSR count). The smallest absolute Gasteiger partial charge is 0.238 e. The van der Waals surface area contributed by atoms with Gasteiger partial charge in [0.1, 0.15) is 11.1 Å². The van der Waals surface area contributed by atoms with Crippen LogP contribution in [0.1, 0.15) is 34.1 Å². The van der Waals surface area contributed by atoms with Gasteiger partial charge in [0.05, 0.1) is 16.9 Å². The average molecular weight is 550 g/mol. The van der Waals surface area contributed by atoms with Gasteiger partial charge in [0.15, 0.2) is 0 Å². The third-order valence-electron chi connectivity index (χ3n) is 5.92. The standard InChI is InChI=1S/C24H22Cl2N4O3S2/c1-14-8-22-20(13-30(14)12-16-10-17(25)4-7-21(16)26)19(11-27)24(34-22)29-23(31)9-15-2-5-18(6-3-15)35(28,32)33/h2-7,10,14H,8-9,12-13H2,1H3,(H,29,31)(H2,28,32,33). The van der Waals surface area contributed by atoms with Gasteiger partial charge < -0.3 is 5.32 Å². The molecule has 0 bridgehead atoms. The van der Waals surface area contributed by atoms with Crippen LogP contribution >= 0.6 is 34.5 Å². The Morgan fingerprint density at radius 1 is 1.26 bits per heavy atom. The highest BCUT2D eigenvalue weighted by Gasteiger charge is 2.30. The summed E-state index contributed by atoms with van der Waals surface area (Å²) in [5, 5.41) is 19.6. The van der Waals surface area contributed by atoms with Gasteiger partial charge in [0, 0.05) is 39.6 Å². The number of benzene rings is 2. The second-order valence-electron chi connectivity index (χ2n) is 8.43. The summed E-state index contributed by atoms with van der Waals surface area (Å²) < 4.78 is 22.8. The molecule has 0 aliphatic carbocycles. The van der Waals surface area contributed by atoms with E-state index in [2.05, 4.69) is 23.2 Å². The molecule has 1 aliphatic heterocycles. The molecule has 1 unspecified atom stereocenters. The highest BCUT2D eigenvalue weighted by atomic mass is 35.5. The maximum Gasteiger partial charge on any atom is 0.238 e. The van der Waals surface area contributed by atoms with Crippen LogP contribution in [0.25, 0.3) is 0 Å². The zero-order valence-electron chi connectivity index (χ0n) is 18.7. The molecule has 2 heterocycles. The number of carbonyl (C=O) groups excluding carboxylic acids is 1. The molecule has 3 aromatic rings. The predicted octanol–water partition coefficient (Wildman–Crippen LogP) is 4.70. The first-order valence-corrected chi connectivity index (χ1v) is 13.8. The largest absolute Gasteiger partial charge is 0.316 e. The maximum atomic E-state index is 12.7. The number of thiophene rings is 1. The van der Waals surface area contributed by atoms with Crippen molar-refractivity contribution >= 4 is 55.5 Å². The number of fused-ring (bicyclic) bond motifs is 1. The number of amides is 1. The number of hydrogen-bond donors (Lipinski definition) is 2. The fourth-order valence-corrected chi connectivity index (χ4v) is 6.24. The highest BCUT2D eigenvalue weighted by Crippen LogP contribution is 2.39. The van der Waals surface area contributed by atoms with Crippen molar-refractivity contribution in [3.8, 4) is 6.07 Å². The Bertz CT molecular complexity index is 1430. The second kappa shape index (κ2) is 10.3. The quantitative estimate of drug-likeness (QED) is 0.462. The first-order valence-electron chi connectivity index (χ1n) is 10.7. The molecule has 0 saturated heterocycles. The van der Waals surface area contributed by atoms with Crippen LogP contribution in [0, 0.1) is 11.3 Å². The molecule has 0 fully saturated rings. The maximum absolute atomic E-state index is 12.7. The number of halogens is 2. The number of nitrogens with zero attached hydrogens (tertiary/aromatic N) is 2. The van der Waals surface area contributed by atoms with Gasteiger partial charge in [-0.2, -0.15) is 5.26 Å². The molecule has 7 nitrogen and oxygen atoms in total. The zero-order valence-corrected chi connectivity index (χ0v) is 21.9. The zero-order chi connectivity index (χ0) is 25.3. The first kappa shape index (κ1) is 25.6. The molecular formula is C24H22Cl2N4O3S2. The molecule has 0 saturated carbocycles. The number of sulfonamides is 1. The van der Waals surface area contributed by atoms with Crippen molar-refractivity contribution in [2.45, 2.75) is 43.8 Å². The minimum atomic E-state index is -3.79. The lowest BCUT2D eigenvalue weighted by molar-refractivity contribution is -0.115. The molecule has 35 heavy (non-hydrogen) atoms. The number of nitrogens with one attached hydrogen (secondary N) is 1. The number of anilines is 1. The van der Waals surface area contributed by atoms with Crippen molar-refractivity contribution in [2.75, 3.05) is 5.32 Å². The molecule has 1 amide bonds. The third-order valence-corrected chi connectivity index (χ3v) is 8.62. The van der Waals surface area contributed by atoms with E-state index in [-0.39, 0.29) is 23.3 Å². The van der Waals surface area contributed by atoms with E-state index in [1.807, 2.05) is 6.07 Å². The van der Waals surface area contributed by atoms with Gasteiger partial charge in [0.2, 0.25) is 15.9 Å². The van der Waals surface area contributed by atoms with E-state index in [1.165, 1.54) is 23.5 Å². The lowest BCUT2D eigenvalue weighted by Crippen LogP contribution is -2.37. The van der Waals surface area contributed by atoms with Gasteiger partial charge in [-0.05, 0) is 54.8 Å². The normalized spacial score (nSPS) is 15.9. The topological polar surface area (TPSA) is 116 Å². The minimum absolute atomic E-state index is 0.0166. The van der Waals surface area contributed by atoms with Crippen LogP contribution in [0.3, 0.4) is 0 Å². The Labute approximate surface area is 218 Å². The number of rotatable bonds is 6. The SMILES string of the molecule is CC1Cc2sc(NC(=O)Cc3ccc(S(N)(=O)=O)cc3)c(C#N)c2CN1Cc1cc(Cl)ccc1Cl. The van der Waals surface area contributed by atoms with Crippen LogP contribution in [0.2, 0.25) is 10.0 Å². The van der Waals surface area contributed by atoms with Crippen molar-refractivity contribution in [1.82, 2.24) is 4.90 Å². The van der Waals surface area contributed by atoms with Crippen LogP contribution in [0.5, 0.6) is 0 Å². The molecule has 1 atom stereocenters. The monoisotopic (exact) mass is 548 g/mol. The number of nitriles is 1. The Balaban J connectivity index is 1.50. The number of nitrogens with two attached hydrogens (primary N) is 1. The van der Waals surface area contributed by atoms with Crippen LogP contribution in [0.4, 0.5) is 5.00 Å². The van der Waals surface area contributed by atoms with Crippen molar-refractivity contribution < 1.29 is 13.2 Å². The average Bonchev–Trinajstić information content (AvgIpc) is 3.11. The predicted molar refractivity (Wildman–Crippen MR) is 138 cm³/mol. The summed E-state index contributed by atoms with van der Waals surface area (Å²) in [6.07, 6.45) is 0.784. The Kier molecular flexibility index (Phi) is 7.52. The van der Waals surface area contributed by atoms with Crippen LogP contribution < -0.4 is 10.5 Å². The Morgan fingerprint density at radius 3 is 2.63 bits per heavy atom. The first-order chi connectivity index (χ1) is 16.5. The highest BCUT2D eigenvalue weighted by molar-refractivity contribution is 7.89. The van der Waals surface area contributed by atoms with E-state index in [0.717, 1.165) is 22.4 Å². The summed E-state index contributed by atoms with van der Waals surface area (Å²) >= 11 is 13.9. The molecule has 2 aromatic carbocycles. The van der Waals surface area contributed by atoms with Crippen molar-refractivity contribution in [3.05, 3.63) is 79.6 Å². The third kappa shape index (κ3) is 5.86. The number of carbonyl (C=O) groups is 1. The van der Waals surface area contributed by atoms with Crippen molar-refractivity contribution in [3.63, 3.8) is 0 Å². The minimum Gasteiger partial charge on any atom is -0.316 e. The van der Waals surface area contributed by atoms with E-state index in [1.54, 1.807) is 24.3 Å². The van der Waals surface area contributed by atoms with E-state index >= 15 is 0 Å². The fraction of sp³-hybridized carbons (Fsp3) is 0.250. The summed E-state index contributed by atoms with van der Waals surface area (Å²) in [5.41, 5.74) is 2.94. The van der Waals surface area contributed by atoms with Gasteiger partial charge in [-0.1, -0.05) is 35.3 Å². The molecule has 1 aromatic heterocycles. The van der Waals surface area contributed by atoms with Gasteiger partial charge in [-0.15, -0.1) is 11.3 Å². The summed E-state index contributed by atoms with van der Waals surface area (Å²) in [7, 11) is -3.79. The van der Waals surface area contributed by atoms with Gasteiger partial charge >= 0.3 is 0 Å². The van der Waals surface area contributed by atoms with E-state index in [4.69, 9.17) is 28.3 Å². The Hall–Kier alpha value is -2.45.